The van der Waals surface area contributed by atoms with Gasteiger partial charge in [0, 0.05) is 86.0 Å². The number of alkyl halides is 3. The van der Waals surface area contributed by atoms with Crippen LogP contribution in [0.3, 0.4) is 0 Å². The van der Waals surface area contributed by atoms with Crippen molar-refractivity contribution in [2.75, 3.05) is 17.3 Å². The lowest BCUT2D eigenvalue weighted by Gasteiger charge is -2.35. The average molecular weight is 1930 g/mol. The van der Waals surface area contributed by atoms with Gasteiger partial charge in [0.1, 0.15) is 53.0 Å². The quantitative estimate of drug-likeness (QED) is 0.0121. The van der Waals surface area contributed by atoms with E-state index in [9.17, 15) is 81.2 Å². The Kier molecular flexibility index (Phi) is 40.4. The van der Waals surface area contributed by atoms with E-state index in [1.54, 1.807) is 49.6 Å². The zero-order valence-electron chi connectivity index (χ0n) is 79.1. The topological polar surface area (TPSA) is 390 Å². The highest BCUT2D eigenvalue weighted by Gasteiger charge is 2.54. The number of rotatable bonds is 27. The predicted octanol–water partition coefficient (Wildman–Crippen LogP) is 14.9. The molecular formula is C102H132F3N7O20S3. The molecule has 15 atom stereocenters. The number of ketones is 3. The summed E-state index contributed by atoms with van der Waals surface area (Å²) < 4.78 is 48.5. The molecule has 4 saturated heterocycles. The first-order valence-electron chi connectivity index (χ1n) is 46.4. The summed E-state index contributed by atoms with van der Waals surface area (Å²) >= 11 is 4.32. The number of hydroxylamine groups is 2. The average Bonchev–Trinajstić information content (AvgIpc) is 1.64. The standard InChI is InChI=1S/2C32H42N2O5S.C18H26N2O6.C18H21NO2S.C2HF3O2/c2*1-21(35)24-15-9-11-17-29(24)40-20-28(36)25(18-22-12-6-5-7-13-22)33-30(37)27-19-23-14-8-10-16-26(23)34(27)31(38)39-32(2,3)4;1-18(2,3)25-17(24)19-12-7-5-4-6-11(12)10-13(19)16(23)26-20-14(21)8-9-15(20)22;1-13(20)15-9-5-6-10-18(15)22-12-17(21)16(19)11-14-7-3-2-4-8-14;3-2(4,5)1(6)7/h2*5-7,9,11-13,15,17,23,25-28,36H,8,10,14,16,18-20H2,1-4H3,(H,33,37);11-13H,4-10H2,1-3H3;2-10,16-17,21H,11-12,19H2,1H3;(H,6,7)/t23-,25+,26-,27-,28+;23-,25-,26-,27-,28-;11-,12-,13?;16-,17-;/m1000./s1. The Morgan fingerprint density at radius 2 is 0.696 bits per heavy atom. The van der Waals surface area contributed by atoms with Gasteiger partial charge in [-0.05, 0) is 206 Å². The molecule has 7 fully saturated rings. The minimum absolute atomic E-state index is 0.00418. The molecular weight excluding hydrogens is 1800 g/mol. The third-order valence-electron chi connectivity index (χ3n) is 24.5. The second-order valence-electron chi connectivity index (χ2n) is 38.4. The van der Waals surface area contributed by atoms with Crippen molar-refractivity contribution >= 4 is 106 Å². The molecule has 13 rings (SSSR count). The van der Waals surface area contributed by atoms with Crippen LogP contribution in [0, 0.1) is 17.8 Å². The number of fused-ring (bicyclic) bond motifs is 3. The van der Waals surface area contributed by atoms with E-state index in [0.717, 1.165) is 109 Å². The maximum Gasteiger partial charge on any atom is 0.430 e. The fourth-order valence-electron chi connectivity index (χ4n) is 18.1. The Morgan fingerprint density at radius 3 is 1.00 bits per heavy atom. The van der Waals surface area contributed by atoms with Crippen molar-refractivity contribution in [2.24, 2.45) is 17.8 Å². The van der Waals surface area contributed by atoms with Gasteiger partial charge < -0.3 is 60.6 Å². The zero-order valence-corrected chi connectivity index (χ0v) is 81.6. The van der Waals surface area contributed by atoms with Gasteiger partial charge in [-0.2, -0.15) is 13.2 Å². The molecule has 0 aromatic heterocycles. The number of imide groups is 1. The Balaban J connectivity index is 0.000000202. The number of carboxylic acid groups (broad SMARTS) is 1. The minimum Gasteiger partial charge on any atom is -0.542 e. The Labute approximate surface area is 802 Å². The van der Waals surface area contributed by atoms with Crippen molar-refractivity contribution < 1.29 is 116 Å². The normalized spacial score (nSPS) is 21.5. The number of aliphatic hydroxyl groups is 3. The molecule has 7 amide bonds. The van der Waals surface area contributed by atoms with E-state index in [1.165, 1.54) is 59.6 Å². The van der Waals surface area contributed by atoms with E-state index in [0.29, 0.717) is 71.1 Å². The number of hydrogen-bond acceptors (Lipinski definition) is 23. The van der Waals surface area contributed by atoms with Gasteiger partial charge in [0.05, 0.1) is 24.3 Å². The predicted molar refractivity (Wildman–Crippen MR) is 505 cm³/mol. The minimum atomic E-state index is -5.19. The Morgan fingerprint density at radius 1 is 0.422 bits per heavy atom. The smallest absolute Gasteiger partial charge is 0.430 e. The number of hydrogen-bond donors (Lipinski definition) is 6. The number of halogens is 3. The number of quaternary nitrogens is 1. The molecule has 0 spiro atoms. The lowest BCUT2D eigenvalue weighted by molar-refractivity contribution is -0.435. The summed E-state index contributed by atoms with van der Waals surface area (Å²) in [5, 5.41) is 48.6. The number of amides is 7. The molecule has 135 heavy (non-hydrogen) atoms. The van der Waals surface area contributed by atoms with Crippen molar-refractivity contribution in [1.82, 2.24) is 30.4 Å². The molecule has 4 heterocycles. The Bertz CT molecular complexity index is 4800. The monoisotopic (exact) mass is 1930 g/mol. The highest BCUT2D eigenvalue weighted by atomic mass is 32.2. The third kappa shape index (κ3) is 32.8. The number of carbonyl (C=O) groups is 12. The van der Waals surface area contributed by atoms with Crippen LogP contribution < -0.4 is 21.5 Å². The summed E-state index contributed by atoms with van der Waals surface area (Å²) in [5.74, 6) is -3.44. The number of benzene rings is 6. The lowest BCUT2D eigenvalue weighted by atomic mass is 9.85. The third-order valence-corrected chi connectivity index (χ3v) is 28.0. The molecule has 33 heteroatoms. The summed E-state index contributed by atoms with van der Waals surface area (Å²) in [6.45, 7) is 21.0. The van der Waals surface area contributed by atoms with E-state index in [-0.39, 0.29) is 83.9 Å². The largest absolute Gasteiger partial charge is 0.542 e. The van der Waals surface area contributed by atoms with Crippen LogP contribution in [0.15, 0.2) is 178 Å². The molecule has 6 aromatic rings. The highest BCUT2D eigenvalue weighted by Crippen LogP contribution is 2.45. The number of nitrogens with zero attached hydrogens (tertiary/aromatic N) is 4. The molecule has 734 valence electrons. The van der Waals surface area contributed by atoms with Crippen LogP contribution in [0.5, 0.6) is 0 Å². The molecule has 0 bridgehead atoms. The number of Topliss-reactive ketones (excluding diaryl/α,β-unsaturated/α-hetero) is 3. The SMILES string of the molecule is CC(=O)c1ccccc1SC[C@H](O)[C@@H]([NH3+])Cc1ccccc1.CC(=O)c1ccccc1SC[C@H](O)[C@H](Cc1ccccc1)NC(=O)[C@@H]1C[C@@H]2CCCC[C@@H]2N1C(=O)OC(C)(C)C.CC(=O)c1ccccc1SC[C@H](O)[C@H](Cc1ccccc1)NC(=O)[C@H]1C[C@H]2CCCC[C@H]2N1C(=O)OC(C)(C)C.CC(C)(C)OC(=O)N1C(C(=O)ON2C(=O)CCC2=O)C[C@@H]2CCCC[C@@H]21.O=C([O-])C(F)(F)F. The lowest BCUT2D eigenvalue weighted by Crippen LogP contribution is -2.67. The van der Waals surface area contributed by atoms with Gasteiger partial charge in [0.2, 0.25) is 11.8 Å². The van der Waals surface area contributed by atoms with E-state index in [2.05, 4.69) is 16.4 Å². The van der Waals surface area contributed by atoms with Gasteiger partial charge in [-0.25, -0.2) is 19.2 Å². The van der Waals surface area contributed by atoms with Crippen molar-refractivity contribution in [2.45, 2.75) is 322 Å². The molecule has 3 saturated carbocycles. The van der Waals surface area contributed by atoms with E-state index >= 15 is 0 Å². The van der Waals surface area contributed by atoms with E-state index in [4.69, 9.17) is 28.9 Å². The van der Waals surface area contributed by atoms with Gasteiger partial charge in [0.25, 0.3) is 11.8 Å². The first kappa shape index (κ1) is 108. The van der Waals surface area contributed by atoms with Crippen LogP contribution >= 0.6 is 35.3 Å². The number of thioether (sulfide) groups is 3. The van der Waals surface area contributed by atoms with Crippen molar-refractivity contribution in [3.05, 3.63) is 197 Å². The van der Waals surface area contributed by atoms with Gasteiger partial charge in [-0.1, -0.05) is 184 Å². The van der Waals surface area contributed by atoms with Crippen LogP contribution in [0.4, 0.5) is 27.6 Å². The molecule has 8 N–H and O–H groups in total. The fourth-order valence-corrected chi connectivity index (χ4v) is 21.5. The number of nitrogens with one attached hydrogen (secondary N) is 2. The molecule has 0 radical (unpaired) electrons. The van der Waals surface area contributed by atoms with Crippen molar-refractivity contribution in [3.63, 3.8) is 0 Å². The highest BCUT2D eigenvalue weighted by molar-refractivity contribution is 8.00. The molecule has 6 aromatic carbocycles. The second kappa shape index (κ2) is 50.3. The van der Waals surface area contributed by atoms with Crippen LogP contribution in [-0.2, 0) is 67.1 Å². The first-order valence-corrected chi connectivity index (χ1v) is 49.4. The van der Waals surface area contributed by atoms with Crippen molar-refractivity contribution in [1.29, 1.82) is 0 Å². The number of aliphatic hydroxyl groups excluding tert-OH is 3. The zero-order chi connectivity index (χ0) is 98.8. The molecule has 27 nitrogen and oxygen atoms in total. The molecule has 1 unspecified atom stereocenters. The molecule has 4 aliphatic heterocycles. The van der Waals surface area contributed by atoms with E-state index < -0.39 is 114 Å². The van der Waals surface area contributed by atoms with Gasteiger partial charge in [-0.3, -0.25) is 48.3 Å². The van der Waals surface area contributed by atoms with Gasteiger partial charge >= 0.3 is 30.4 Å². The number of carboxylic acids is 1. The number of carbonyl (C=O) groups excluding carboxylic acids is 12. The summed E-state index contributed by atoms with van der Waals surface area (Å²) in [5.41, 5.74) is 7.17. The maximum atomic E-state index is 13.9. The van der Waals surface area contributed by atoms with E-state index in [1.807, 2.05) is 193 Å². The maximum absolute atomic E-state index is 13.9. The number of ether oxygens (including phenoxy) is 3. The molecule has 7 aliphatic rings. The van der Waals surface area contributed by atoms with Crippen molar-refractivity contribution in [3.8, 4) is 0 Å². The van der Waals surface area contributed by atoms with Gasteiger partial charge in [0.15, 0.2) is 17.3 Å². The van der Waals surface area contributed by atoms with Gasteiger partial charge in [-0.15, -0.1) is 40.3 Å². The molecule has 3 aliphatic carbocycles. The number of aliphatic carboxylic acids is 1. The van der Waals surface area contributed by atoms with Crippen LogP contribution in [0.25, 0.3) is 0 Å². The summed E-state index contributed by atoms with van der Waals surface area (Å²) in [4.78, 5) is 160. The van der Waals surface area contributed by atoms with Crippen LogP contribution in [0.1, 0.15) is 240 Å². The Hall–Kier alpha value is -10.2. The fraction of sp³-hybridized carbons (Fsp3) is 0.529. The van der Waals surface area contributed by atoms with Crippen LogP contribution in [-0.4, -0.2) is 219 Å². The first-order chi connectivity index (χ1) is 63.8. The number of likely N-dealkylation sites (tertiary alicyclic amines) is 3. The second-order valence-corrected chi connectivity index (χ2v) is 41.6. The summed E-state index contributed by atoms with van der Waals surface area (Å²) in [6.07, 6.45) is 6.28. The van der Waals surface area contributed by atoms with Crippen LogP contribution in [0.2, 0.25) is 0 Å². The summed E-state index contributed by atoms with van der Waals surface area (Å²) in [6, 6.07) is 48.4. The summed E-state index contributed by atoms with van der Waals surface area (Å²) in [7, 11) is 0.